The number of nitrogens with zero attached hydrogens (tertiary/aromatic N) is 3. The van der Waals surface area contributed by atoms with Crippen LogP contribution in [0.5, 0.6) is 0 Å². The van der Waals surface area contributed by atoms with Crippen molar-refractivity contribution in [1.29, 1.82) is 0 Å². The number of nitrogens with one attached hydrogen (secondary N) is 1. The molecule has 0 unspecified atom stereocenters. The predicted octanol–water partition coefficient (Wildman–Crippen LogP) is 2.33. The van der Waals surface area contributed by atoms with Gasteiger partial charge in [0, 0.05) is 17.9 Å². The van der Waals surface area contributed by atoms with Crippen LogP contribution in [-0.4, -0.2) is 26.4 Å². The third kappa shape index (κ3) is 2.49. The molecule has 98 valence electrons. The number of thioether (sulfide) groups is 1. The van der Waals surface area contributed by atoms with E-state index in [4.69, 9.17) is 0 Å². The minimum absolute atomic E-state index is 0.147. The first-order valence-corrected chi connectivity index (χ1v) is 7.16. The molecule has 19 heavy (non-hydrogen) atoms. The fraction of sp³-hybridized carbons (Fsp3) is 0.308. The highest BCUT2D eigenvalue weighted by molar-refractivity contribution is 7.99. The van der Waals surface area contributed by atoms with Crippen molar-refractivity contribution in [3.05, 3.63) is 35.4 Å². The molecule has 1 aromatic carbocycles. The molecular weight excluding hydrogens is 260 g/mol. The molecule has 1 amide bonds. The summed E-state index contributed by atoms with van der Waals surface area (Å²) in [6.07, 6.45) is 1.07. The van der Waals surface area contributed by atoms with E-state index in [1.165, 1.54) is 0 Å². The molecule has 5 nitrogen and oxygen atoms in total. The number of rotatable bonds is 2. The van der Waals surface area contributed by atoms with Crippen molar-refractivity contribution in [2.45, 2.75) is 25.0 Å². The molecule has 0 bridgehead atoms. The van der Waals surface area contributed by atoms with E-state index in [0.717, 1.165) is 29.4 Å². The molecule has 1 N–H and O–H groups in total. The van der Waals surface area contributed by atoms with E-state index in [9.17, 15) is 4.79 Å². The quantitative estimate of drug-likeness (QED) is 0.913. The smallest absolute Gasteiger partial charge is 0.258 e. The normalized spacial score (nSPS) is 13.9. The summed E-state index contributed by atoms with van der Waals surface area (Å²) in [6, 6.07) is 7.47. The standard InChI is InChI=1S/C13H14N4OS/c1-9-3-5-10(6-4-9)11(18)14-12-15-16-13-17(12)7-2-8-19-13/h3-6H,2,7-8H2,1H3,(H,14,15,18). The van der Waals surface area contributed by atoms with Crippen LogP contribution in [0.1, 0.15) is 22.3 Å². The Balaban J connectivity index is 1.79. The second-order valence-electron chi connectivity index (χ2n) is 4.48. The van der Waals surface area contributed by atoms with Gasteiger partial charge in [-0.3, -0.25) is 14.7 Å². The van der Waals surface area contributed by atoms with Crippen LogP contribution in [-0.2, 0) is 6.54 Å². The van der Waals surface area contributed by atoms with Gasteiger partial charge in [0.15, 0.2) is 5.16 Å². The lowest BCUT2D eigenvalue weighted by molar-refractivity contribution is 0.102. The van der Waals surface area contributed by atoms with Crippen molar-refractivity contribution < 1.29 is 4.79 Å². The molecule has 0 radical (unpaired) electrons. The maximum absolute atomic E-state index is 12.1. The molecule has 3 rings (SSSR count). The lowest BCUT2D eigenvalue weighted by Crippen LogP contribution is -2.17. The number of anilines is 1. The molecule has 0 aliphatic carbocycles. The number of hydrogen-bond acceptors (Lipinski definition) is 4. The highest BCUT2D eigenvalue weighted by Crippen LogP contribution is 2.25. The summed E-state index contributed by atoms with van der Waals surface area (Å²) in [5, 5.41) is 11.8. The largest absolute Gasteiger partial charge is 0.290 e. The Morgan fingerprint density at radius 1 is 1.32 bits per heavy atom. The summed E-state index contributed by atoms with van der Waals surface area (Å²) in [4.78, 5) is 12.1. The lowest BCUT2D eigenvalue weighted by atomic mass is 10.1. The van der Waals surface area contributed by atoms with E-state index in [2.05, 4.69) is 15.5 Å². The van der Waals surface area contributed by atoms with Crippen LogP contribution in [0.3, 0.4) is 0 Å². The number of hydrogen-bond donors (Lipinski definition) is 1. The second kappa shape index (κ2) is 5.05. The van der Waals surface area contributed by atoms with Crippen LogP contribution >= 0.6 is 11.8 Å². The van der Waals surface area contributed by atoms with Crippen molar-refractivity contribution in [3.8, 4) is 0 Å². The number of carbonyl (C=O) groups is 1. The number of aryl methyl sites for hydroxylation is 1. The minimum atomic E-state index is -0.147. The molecule has 0 saturated carbocycles. The molecule has 1 aliphatic rings. The number of aromatic nitrogens is 3. The van der Waals surface area contributed by atoms with Crippen LogP contribution < -0.4 is 5.32 Å². The summed E-state index contributed by atoms with van der Waals surface area (Å²) in [5.41, 5.74) is 1.76. The fourth-order valence-corrected chi connectivity index (χ4v) is 2.84. The van der Waals surface area contributed by atoms with E-state index >= 15 is 0 Å². The molecule has 0 fully saturated rings. The molecule has 6 heteroatoms. The summed E-state index contributed by atoms with van der Waals surface area (Å²) >= 11 is 1.67. The van der Waals surface area contributed by atoms with Crippen LogP contribution in [0.4, 0.5) is 5.95 Å². The molecule has 0 spiro atoms. The zero-order valence-electron chi connectivity index (χ0n) is 10.6. The van der Waals surface area contributed by atoms with Crippen LogP contribution in [0, 0.1) is 6.92 Å². The summed E-state index contributed by atoms with van der Waals surface area (Å²) in [7, 11) is 0. The van der Waals surface area contributed by atoms with Crippen molar-refractivity contribution in [1.82, 2.24) is 14.8 Å². The van der Waals surface area contributed by atoms with Crippen molar-refractivity contribution in [2.75, 3.05) is 11.1 Å². The Morgan fingerprint density at radius 2 is 2.11 bits per heavy atom. The third-order valence-corrected chi connectivity index (χ3v) is 4.07. The average Bonchev–Trinajstić information content (AvgIpc) is 2.83. The lowest BCUT2D eigenvalue weighted by Gasteiger charge is -2.14. The first-order chi connectivity index (χ1) is 9.24. The van der Waals surface area contributed by atoms with Gasteiger partial charge in [-0.25, -0.2) is 0 Å². The molecule has 2 heterocycles. The summed E-state index contributed by atoms with van der Waals surface area (Å²) in [6.45, 7) is 2.85. The van der Waals surface area contributed by atoms with Gasteiger partial charge in [-0.1, -0.05) is 29.5 Å². The van der Waals surface area contributed by atoms with E-state index in [-0.39, 0.29) is 5.91 Å². The van der Waals surface area contributed by atoms with Crippen LogP contribution in [0.2, 0.25) is 0 Å². The SMILES string of the molecule is Cc1ccc(C(=O)Nc2nnc3n2CCCS3)cc1. The van der Waals surface area contributed by atoms with Crippen LogP contribution in [0.25, 0.3) is 0 Å². The Hall–Kier alpha value is -1.82. The van der Waals surface area contributed by atoms with Gasteiger partial charge in [0.25, 0.3) is 5.91 Å². The van der Waals surface area contributed by atoms with E-state index in [1.54, 1.807) is 11.8 Å². The Labute approximate surface area is 115 Å². The van der Waals surface area contributed by atoms with Gasteiger partial charge >= 0.3 is 0 Å². The summed E-state index contributed by atoms with van der Waals surface area (Å²) < 4.78 is 1.96. The van der Waals surface area contributed by atoms with Crippen molar-refractivity contribution in [3.63, 3.8) is 0 Å². The van der Waals surface area contributed by atoms with Crippen molar-refractivity contribution >= 4 is 23.6 Å². The van der Waals surface area contributed by atoms with Gasteiger partial charge in [0.05, 0.1) is 0 Å². The third-order valence-electron chi connectivity index (χ3n) is 3.01. The van der Waals surface area contributed by atoms with Gasteiger partial charge in [-0.15, -0.1) is 10.2 Å². The highest BCUT2D eigenvalue weighted by atomic mass is 32.2. The first kappa shape index (κ1) is 12.2. The fourth-order valence-electron chi connectivity index (χ4n) is 1.95. The van der Waals surface area contributed by atoms with Crippen LogP contribution in [0.15, 0.2) is 29.4 Å². The molecular formula is C13H14N4OS. The van der Waals surface area contributed by atoms with Gasteiger partial charge in [-0.05, 0) is 25.5 Å². The average molecular weight is 274 g/mol. The maximum Gasteiger partial charge on any atom is 0.258 e. The van der Waals surface area contributed by atoms with E-state index in [0.29, 0.717) is 11.5 Å². The number of benzene rings is 1. The van der Waals surface area contributed by atoms with Gasteiger partial charge < -0.3 is 0 Å². The highest BCUT2D eigenvalue weighted by Gasteiger charge is 2.18. The van der Waals surface area contributed by atoms with Gasteiger partial charge in [-0.2, -0.15) is 0 Å². The molecule has 0 saturated heterocycles. The first-order valence-electron chi connectivity index (χ1n) is 6.18. The predicted molar refractivity (Wildman–Crippen MR) is 74.5 cm³/mol. The second-order valence-corrected chi connectivity index (χ2v) is 5.54. The number of fused-ring (bicyclic) bond motifs is 1. The zero-order valence-corrected chi connectivity index (χ0v) is 11.4. The van der Waals surface area contributed by atoms with E-state index < -0.39 is 0 Å². The monoisotopic (exact) mass is 274 g/mol. The maximum atomic E-state index is 12.1. The van der Waals surface area contributed by atoms with Gasteiger partial charge in [0.1, 0.15) is 0 Å². The minimum Gasteiger partial charge on any atom is -0.290 e. The molecule has 1 aliphatic heterocycles. The number of carbonyl (C=O) groups excluding carboxylic acids is 1. The van der Waals surface area contributed by atoms with E-state index in [1.807, 2.05) is 35.8 Å². The Kier molecular flexibility index (Phi) is 3.25. The topological polar surface area (TPSA) is 59.8 Å². The van der Waals surface area contributed by atoms with Gasteiger partial charge in [0.2, 0.25) is 5.95 Å². The molecule has 2 aromatic rings. The Morgan fingerprint density at radius 3 is 2.89 bits per heavy atom. The molecule has 1 aromatic heterocycles. The van der Waals surface area contributed by atoms with Crippen molar-refractivity contribution in [2.24, 2.45) is 0 Å². The molecule has 0 atom stereocenters. The Bertz CT molecular complexity index is 606. The number of amides is 1. The zero-order chi connectivity index (χ0) is 13.2. The summed E-state index contributed by atoms with van der Waals surface area (Å²) in [5.74, 6) is 1.45.